The molecule has 2 aromatic rings. The van der Waals surface area contributed by atoms with Gasteiger partial charge in [0.05, 0.1) is 39.3 Å². The second-order valence-corrected chi connectivity index (χ2v) is 9.73. The van der Waals surface area contributed by atoms with Crippen molar-refractivity contribution in [3.8, 4) is 0 Å². The van der Waals surface area contributed by atoms with Gasteiger partial charge in [-0.25, -0.2) is 13.4 Å². The average molecular weight is 393 g/mol. The predicted octanol–water partition coefficient (Wildman–Crippen LogP) is 1.16. The quantitative estimate of drug-likeness (QED) is 0.764. The smallest absolute Gasteiger partial charge is 0.254 e. The minimum atomic E-state index is -3.27. The minimum Gasteiger partial charge on any atom is -0.335 e. The monoisotopic (exact) mass is 393 g/mol. The summed E-state index contributed by atoms with van der Waals surface area (Å²) < 4.78 is 25.4. The van der Waals surface area contributed by atoms with Crippen LogP contribution in [0.2, 0.25) is 0 Å². The zero-order chi connectivity index (χ0) is 18.5. The number of benzene rings is 1. The molecule has 138 valence electrons. The second-order valence-electron chi connectivity index (χ2n) is 6.69. The zero-order valence-corrected chi connectivity index (χ0v) is 15.9. The molecule has 1 aromatic heterocycles. The molecule has 9 heteroatoms. The third-order valence-electron chi connectivity index (χ3n) is 5.14. The van der Waals surface area contributed by atoms with Crippen molar-refractivity contribution in [2.24, 2.45) is 0 Å². The molecule has 0 spiro atoms. The number of piperazine rings is 1. The van der Waals surface area contributed by atoms with Crippen molar-refractivity contribution in [2.75, 3.05) is 24.6 Å². The first-order valence-electron chi connectivity index (χ1n) is 8.54. The third kappa shape index (κ3) is 2.88. The molecule has 4 rings (SSSR count). The summed E-state index contributed by atoms with van der Waals surface area (Å²) in [4.78, 5) is 32.8. The molecule has 0 aliphatic carbocycles. The topological polar surface area (TPSA) is 87.7 Å². The maximum absolute atomic E-state index is 13.1. The van der Waals surface area contributed by atoms with Crippen LogP contribution in [0.15, 0.2) is 23.7 Å². The van der Waals surface area contributed by atoms with Gasteiger partial charge < -0.3 is 9.80 Å². The molecule has 26 heavy (non-hydrogen) atoms. The van der Waals surface area contributed by atoms with Crippen LogP contribution < -0.4 is 0 Å². The molecule has 0 bridgehead atoms. The normalized spacial score (nSPS) is 24.7. The standard InChI is InChI=1S/C17H19N3O4S2/c1-2-16(21)19-5-6-20(14-9-26(23,24)8-13(14)19)17(22)11-3-4-12-15(7-11)25-10-18-12/h3-4,7,10,13-14H,2,5-6,8-9H2,1H3/t13-,14+/m0/s1. The molecule has 0 N–H and O–H groups in total. The number of hydrogen-bond donors (Lipinski definition) is 0. The van der Waals surface area contributed by atoms with Crippen LogP contribution in [0.1, 0.15) is 23.7 Å². The van der Waals surface area contributed by atoms with E-state index in [1.165, 1.54) is 11.3 Å². The van der Waals surface area contributed by atoms with Crippen molar-refractivity contribution in [3.63, 3.8) is 0 Å². The van der Waals surface area contributed by atoms with Crippen molar-refractivity contribution in [2.45, 2.75) is 25.4 Å². The van der Waals surface area contributed by atoms with Crippen molar-refractivity contribution in [1.29, 1.82) is 0 Å². The van der Waals surface area contributed by atoms with Gasteiger partial charge >= 0.3 is 0 Å². The Labute approximate surface area is 155 Å². The second kappa shape index (κ2) is 6.31. The van der Waals surface area contributed by atoms with Crippen LogP contribution in [0.25, 0.3) is 10.2 Å². The van der Waals surface area contributed by atoms with Gasteiger partial charge in [-0.15, -0.1) is 11.3 Å². The summed E-state index contributed by atoms with van der Waals surface area (Å²) in [7, 11) is -3.27. The Morgan fingerprint density at radius 2 is 1.88 bits per heavy atom. The van der Waals surface area contributed by atoms with Gasteiger partial charge in [0, 0.05) is 25.1 Å². The van der Waals surface area contributed by atoms with E-state index in [4.69, 9.17) is 0 Å². The number of carbonyl (C=O) groups excluding carboxylic acids is 2. The van der Waals surface area contributed by atoms with E-state index in [0.717, 1.165) is 10.2 Å². The van der Waals surface area contributed by atoms with Crippen LogP contribution in [0.3, 0.4) is 0 Å². The Hall–Kier alpha value is -2.00. The van der Waals surface area contributed by atoms with Crippen molar-refractivity contribution in [3.05, 3.63) is 29.3 Å². The number of rotatable bonds is 2. The molecule has 2 fully saturated rings. The molecule has 2 amide bonds. The molecule has 0 unspecified atom stereocenters. The van der Waals surface area contributed by atoms with Gasteiger partial charge in [-0.3, -0.25) is 9.59 Å². The van der Waals surface area contributed by atoms with Gasteiger partial charge in [0.2, 0.25) is 5.91 Å². The van der Waals surface area contributed by atoms with Gasteiger partial charge in [-0.1, -0.05) is 6.92 Å². The molecule has 0 saturated carbocycles. The fourth-order valence-electron chi connectivity index (χ4n) is 3.87. The summed E-state index contributed by atoms with van der Waals surface area (Å²) in [6, 6.07) is 4.41. The number of hydrogen-bond acceptors (Lipinski definition) is 6. The zero-order valence-electron chi connectivity index (χ0n) is 14.3. The highest BCUT2D eigenvalue weighted by Gasteiger charge is 2.49. The number of carbonyl (C=O) groups is 2. The van der Waals surface area contributed by atoms with E-state index in [1.54, 1.807) is 40.4 Å². The minimum absolute atomic E-state index is 0.0599. The van der Waals surface area contributed by atoms with Crippen LogP contribution in [-0.2, 0) is 14.6 Å². The number of thiazole rings is 1. The summed E-state index contributed by atoms with van der Waals surface area (Å²) >= 11 is 1.46. The largest absolute Gasteiger partial charge is 0.335 e. The lowest BCUT2D eigenvalue weighted by molar-refractivity contribution is -0.135. The van der Waals surface area contributed by atoms with Gasteiger partial charge in [-0.05, 0) is 18.2 Å². The van der Waals surface area contributed by atoms with E-state index in [9.17, 15) is 18.0 Å². The van der Waals surface area contributed by atoms with Gasteiger partial charge in [-0.2, -0.15) is 0 Å². The SMILES string of the molecule is CCC(=O)N1CCN(C(=O)c2ccc3ncsc3c2)[C@@H]2CS(=O)(=O)C[C@@H]21. The summed E-state index contributed by atoms with van der Waals surface area (Å²) in [5.74, 6) is -0.396. The molecule has 1 aromatic carbocycles. The molecule has 0 radical (unpaired) electrons. The van der Waals surface area contributed by atoms with Crippen molar-refractivity contribution in [1.82, 2.24) is 14.8 Å². The van der Waals surface area contributed by atoms with Crippen LogP contribution in [0.4, 0.5) is 0 Å². The first kappa shape index (κ1) is 17.4. The predicted molar refractivity (Wildman–Crippen MR) is 98.9 cm³/mol. The highest BCUT2D eigenvalue weighted by Crippen LogP contribution is 2.29. The number of amides is 2. The highest BCUT2D eigenvalue weighted by atomic mass is 32.2. The first-order chi connectivity index (χ1) is 12.4. The van der Waals surface area contributed by atoms with E-state index >= 15 is 0 Å². The summed E-state index contributed by atoms with van der Waals surface area (Å²) in [6.07, 6.45) is 0.333. The Bertz CT molecular complexity index is 985. The van der Waals surface area contributed by atoms with E-state index < -0.39 is 21.9 Å². The lowest BCUT2D eigenvalue weighted by Crippen LogP contribution is -2.61. The number of sulfone groups is 1. The van der Waals surface area contributed by atoms with Gasteiger partial charge in [0.15, 0.2) is 9.84 Å². The Balaban J connectivity index is 1.66. The van der Waals surface area contributed by atoms with Crippen LogP contribution in [-0.4, -0.2) is 71.7 Å². The van der Waals surface area contributed by atoms with E-state index in [2.05, 4.69) is 4.98 Å². The lowest BCUT2D eigenvalue weighted by atomic mass is 10.0. The Kier molecular flexibility index (Phi) is 4.23. The van der Waals surface area contributed by atoms with E-state index in [-0.39, 0.29) is 23.3 Å². The summed E-state index contributed by atoms with van der Waals surface area (Å²) in [5.41, 5.74) is 3.10. The number of nitrogens with zero attached hydrogens (tertiary/aromatic N) is 3. The van der Waals surface area contributed by atoms with E-state index in [1.807, 2.05) is 0 Å². The summed E-state index contributed by atoms with van der Waals surface area (Å²) in [6.45, 7) is 2.49. The molecule has 7 nitrogen and oxygen atoms in total. The summed E-state index contributed by atoms with van der Waals surface area (Å²) in [5, 5.41) is 0. The Morgan fingerprint density at radius 3 is 2.62 bits per heavy atom. The Morgan fingerprint density at radius 1 is 1.19 bits per heavy atom. The number of fused-ring (bicyclic) bond motifs is 2. The fraction of sp³-hybridized carbons (Fsp3) is 0.471. The van der Waals surface area contributed by atoms with E-state index in [0.29, 0.717) is 25.1 Å². The van der Waals surface area contributed by atoms with Crippen LogP contribution in [0.5, 0.6) is 0 Å². The maximum atomic E-state index is 13.1. The van der Waals surface area contributed by atoms with Crippen molar-refractivity contribution >= 4 is 43.2 Å². The number of aromatic nitrogens is 1. The molecule has 2 atom stereocenters. The van der Waals surface area contributed by atoms with Gasteiger partial charge in [0.25, 0.3) is 5.91 Å². The molecular weight excluding hydrogens is 374 g/mol. The molecule has 2 saturated heterocycles. The fourth-order valence-corrected chi connectivity index (χ4v) is 6.57. The molecule has 3 heterocycles. The maximum Gasteiger partial charge on any atom is 0.254 e. The van der Waals surface area contributed by atoms with Crippen LogP contribution >= 0.6 is 11.3 Å². The lowest BCUT2D eigenvalue weighted by Gasteiger charge is -2.43. The van der Waals surface area contributed by atoms with Crippen LogP contribution in [0, 0.1) is 0 Å². The van der Waals surface area contributed by atoms with Gasteiger partial charge in [0.1, 0.15) is 0 Å². The van der Waals surface area contributed by atoms with Crippen molar-refractivity contribution < 1.29 is 18.0 Å². The molecular formula is C17H19N3O4S2. The average Bonchev–Trinajstić information content (AvgIpc) is 3.21. The molecule has 2 aliphatic rings. The first-order valence-corrected chi connectivity index (χ1v) is 11.2. The highest BCUT2D eigenvalue weighted by molar-refractivity contribution is 7.91. The third-order valence-corrected chi connectivity index (χ3v) is 7.63. The molecule has 2 aliphatic heterocycles.